The van der Waals surface area contributed by atoms with Crippen LogP contribution in [-0.4, -0.2) is 46.4 Å². The van der Waals surface area contributed by atoms with Gasteiger partial charge in [-0.3, -0.25) is 19.3 Å². The number of likely N-dealkylation sites (tertiary alicyclic amines) is 1. The van der Waals surface area contributed by atoms with Gasteiger partial charge in [0.1, 0.15) is 23.2 Å². The molecule has 7 nitrogen and oxygen atoms in total. The maximum absolute atomic E-state index is 13.9. The van der Waals surface area contributed by atoms with Crippen molar-refractivity contribution in [2.75, 3.05) is 6.54 Å². The quantitative estimate of drug-likeness (QED) is 0.499. The second-order valence-corrected chi connectivity index (χ2v) is 8.75. The Labute approximate surface area is 180 Å². The number of hydrogen-bond acceptors (Lipinski definition) is 7. The van der Waals surface area contributed by atoms with E-state index in [0.717, 1.165) is 41.2 Å². The number of rotatable bonds is 6. The lowest BCUT2D eigenvalue weighted by molar-refractivity contribution is -0.147. The number of thiazole rings is 1. The Morgan fingerprint density at radius 2 is 1.81 bits per heavy atom. The van der Waals surface area contributed by atoms with Gasteiger partial charge in [-0.1, -0.05) is 6.07 Å². The summed E-state index contributed by atoms with van der Waals surface area (Å²) in [4.78, 5) is 42.5. The molecule has 2 aromatic rings. The fraction of sp³-hybridized carbons (Fsp3) is 0.429. The molecule has 10 heteroatoms. The van der Waals surface area contributed by atoms with Crippen molar-refractivity contribution in [1.29, 1.82) is 0 Å². The summed E-state index contributed by atoms with van der Waals surface area (Å²) in [5.74, 6) is -3.43. The van der Waals surface area contributed by atoms with Crippen LogP contribution < -0.4 is 0 Å². The molecule has 4 heterocycles. The van der Waals surface area contributed by atoms with Crippen molar-refractivity contribution in [2.24, 2.45) is 11.8 Å². The van der Waals surface area contributed by atoms with Crippen molar-refractivity contribution < 1.29 is 32.6 Å². The molecule has 0 N–H and O–H groups in total. The number of benzene rings is 1. The minimum Gasteiger partial charge on any atom is -0.458 e. The van der Waals surface area contributed by atoms with Gasteiger partial charge in [-0.05, 0) is 25.0 Å². The third-order valence-corrected chi connectivity index (χ3v) is 6.86. The van der Waals surface area contributed by atoms with E-state index >= 15 is 0 Å². The fourth-order valence-electron chi connectivity index (χ4n) is 4.65. The van der Waals surface area contributed by atoms with E-state index in [1.54, 1.807) is 0 Å². The molecule has 3 fully saturated rings. The van der Waals surface area contributed by atoms with Gasteiger partial charge in [-0.25, -0.2) is 13.8 Å². The first-order valence-corrected chi connectivity index (χ1v) is 10.9. The molecule has 2 amide bonds. The number of amides is 2. The summed E-state index contributed by atoms with van der Waals surface area (Å²) in [6.07, 6.45) is 1.05. The molecular weight excluding hydrogens is 430 g/mol. The van der Waals surface area contributed by atoms with Crippen molar-refractivity contribution in [3.8, 4) is 11.3 Å². The van der Waals surface area contributed by atoms with Crippen molar-refractivity contribution in [3.63, 3.8) is 0 Å². The van der Waals surface area contributed by atoms with Crippen molar-refractivity contribution in [3.05, 3.63) is 40.2 Å². The Bertz CT molecular complexity index is 1030. The number of esters is 1. The van der Waals surface area contributed by atoms with Gasteiger partial charge in [0.05, 0.1) is 41.7 Å². The van der Waals surface area contributed by atoms with Crippen LogP contribution in [-0.2, 0) is 30.5 Å². The van der Waals surface area contributed by atoms with Crippen molar-refractivity contribution >= 4 is 29.1 Å². The van der Waals surface area contributed by atoms with E-state index in [0.29, 0.717) is 5.01 Å². The number of aromatic nitrogens is 1. The van der Waals surface area contributed by atoms with Crippen LogP contribution in [0.1, 0.15) is 24.3 Å². The second kappa shape index (κ2) is 7.76. The Hall–Kier alpha value is -2.72. The molecule has 3 aliphatic rings. The normalized spacial score (nSPS) is 26.6. The number of hydrogen-bond donors (Lipinski definition) is 0. The number of nitrogens with zero attached hydrogens (tertiary/aromatic N) is 2. The SMILES string of the molecule is O=C(CCN1C(=O)C2C3CCC(O3)C2C1=O)OCc1nc(-c2c(F)cccc2F)cs1. The molecule has 5 rings (SSSR count). The average Bonchev–Trinajstić information content (AvgIpc) is 3.51. The zero-order chi connectivity index (χ0) is 21.7. The topological polar surface area (TPSA) is 85.8 Å². The highest BCUT2D eigenvalue weighted by Gasteiger charge is 2.62. The molecule has 3 saturated heterocycles. The van der Waals surface area contributed by atoms with Crippen molar-refractivity contribution in [2.45, 2.75) is 38.1 Å². The molecule has 0 radical (unpaired) electrons. The van der Waals surface area contributed by atoms with E-state index in [1.807, 2.05) is 0 Å². The van der Waals surface area contributed by atoms with E-state index in [-0.39, 0.29) is 54.9 Å². The first-order valence-electron chi connectivity index (χ1n) is 9.99. The predicted octanol–water partition coefficient (Wildman–Crippen LogP) is 2.68. The van der Waals surface area contributed by atoms with Gasteiger partial charge >= 0.3 is 5.97 Å². The molecule has 0 saturated carbocycles. The van der Waals surface area contributed by atoms with Crippen LogP contribution >= 0.6 is 11.3 Å². The van der Waals surface area contributed by atoms with Gasteiger partial charge in [0.15, 0.2) is 0 Å². The summed E-state index contributed by atoms with van der Waals surface area (Å²) in [5, 5.41) is 1.86. The number of carbonyl (C=O) groups is 3. The highest BCUT2D eigenvalue weighted by Crippen LogP contribution is 2.48. The maximum Gasteiger partial charge on any atom is 0.308 e. The number of carbonyl (C=O) groups excluding carboxylic acids is 3. The summed E-state index contributed by atoms with van der Waals surface area (Å²) in [7, 11) is 0. The van der Waals surface area contributed by atoms with Crippen LogP contribution in [0.2, 0.25) is 0 Å². The standard InChI is InChI=1S/C21H18F2N2O5S/c22-10-2-1-3-11(23)17(10)12-9-31-15(24-12)8-29-16(26)6-7-25-20(27)18-13-4-5-14(30-13)19(18)21(25)28/h1-3,9,13-14,18-19H,4-8H2. The van der Waals surface area contributed by atoms with E-state index in [4.69, 9.17) is 9.47 Å². The van der Waals surface area contributed by atoms with Gasteiger partial charge in [-0.2, -0.15) is 0 Å². The monoisotopic (exact) mass is 448 g/mol. The second-order valence-electron chi connectivity index (χ2n) is 7.80. The Balaban J connectivity index is 1.15. The summed E-state index contributed by atoms with van der Waals surface area (Å²) in [6.45, 7) is -0.197. The Morgan fingerprint density at radius 3 is 2.45 bits per heavy atom. The molecule has 4 atom stereocenters. The van der Waals surface area contributed by atoms with Crippen LogP contribution in [0, 0.1) is 23.5 Å². The molecule has 1 aromatic heterocycles. The van der Waals surface area contributed by atoms with Gasteiger partial charge < -0.3 is 9.47 Å². The molecule has 162 valence electrons. The highest BCUT2D eigenvalue weighted by molar-refractivity contribution is 7.09. The van der Waals surface area contributed by atoms with E-state index in [2.05, 4.69) is 4.98 Å². The molecule has 0 spiro atoms. The first kappa shape index (κ1) is 20.2. The third kappa shape index (κ3) is 3.43. The molecular formula is C21H18F2N2O5S. The molecule has 1 aromatic carbocycles. The fourth-order valence-corrected chi connectivity index (χ4v) is 5.34. The Morgan fingerprint density at radius 1 is 1.16 bits per heavy atom. The molecule has 31 heavy (non-hydrogen) atoms. The van der Waals surface area contributed by atoms with Crippen LogP contribution in [0.5, 0.6) is 0 Å². The predicted molar refractivity (Wildman–Crippen MR) is 103 cm³/mol. The lowest BCUT2D eigenvalue weighted by atomic mass is 9.81. The summed E-state index contributed by atoms with van der Waals surface area (Å²) < 4.78 is 38.6. The summed E-state index contributed by atoms with van der Waals surface area (Å²) in [5.41, 5.74) is -0.103. The number of imide groups is 1. The van der Waals surface area contributed by atoms with Crippen LogP contribution in [0.25, 0.3) is 11.3 Å². The zero-order valence-electron chi connectivity index (χ0n) is 16.3. The minimum atomic E-state index is -0.725. The summed E-state index contributed by atoms with van der Waals surface area (Å²) >= 11 is 1.11. The van der Waals surface area contributed by atoms with Gasteiger partial charge in [0.2, 0.25) is 11.8 Å². The van der Waals surface area contributed by atoms with Gasteiger partial charge in [0, 0.05) is 11.9 Å². The number of halogens is 2. The third-order valence-electron chi connectivity index (χ3n) is 6.04. The zero-order valence-corrected chi connectivity index (χ0v) is 17.1. The van der Waals surface area contributed by atoms with Crippen molar-refractivity contribution in [1.82, 2.24) is 9.88 Å². The van der Waals surface area contributed by atoms with E-state index in [1.165, 1.54) is 11.4 Å². The van der Waals surface area contributed by atoms with Crippen LogP contribution in [0.15, 0.2) is 23.6 Å². The van der Waals surface area contributed by atoms with Gasteiger partial charge in [-0.15, -0.1) is 11.3 Å². The first-order chi connectivity index (χ1) is 14.9. The molecule has 3 aliphatic heterocycles. The lowest BCUT2D eigenvalue weighted by Gasteiger charge is -2.16. The van der Waals surface area contributed by atoms with E-state index in [9.17, 15) is 23.2 Å². The maximum atomic E-state index is 13.9. The smallest absolute Gasteiger partial charge is 0.308 e. The highest BCUT2D eigenvalue weighted by atomic mass is 32.1. The van der Waals surface area contributed by atoms with E-state index < -0.39 is 29.4 Å². The Kier molecular flexibility index (Phi) is 5.05. The summed E-state index contributed by atoms with van der Waals surface area (Å²) in [6, 6.07) is 3.55. The number of ether oxygens (including phenoxy) is 2. The van der Waals surface area contributed by atoms with Crippen LogP contribution in [0.3, 0.4) is 0 Å². The van der Waals surface area contributed by atoms with Crippen LogP contribution in [0.4, 0.5) is 8.78 Å². The molecule has 4 unspecified atom stereocenters. The minimum absolute atomic E-state index is 0.0352. The van der Waals surface area contributed by atoms with Gasteiger partial charge in [0.25, 0.3) is 0 Å². The lowest BCUT2D eigenvalue weighted by Crippen LogP contribution is -2.36. The number of fused-ring (bicyclic) bond motifs is 5. The molecule has 0 aliphatic carbocycles. The average molecular weight is 448 g/mol. The largest absolute Gasteiger partial charge is 0.458 e. The molecule has 2 bridgehead atoms.